The highest BCUT2D eigenvalue weighted by Crippen LogP contribution is 2.28. The molecule has 2 N–H and O–H groups in total. The first-order valence-electron chi connectivity index (χ1n) is 5.75. The number of ether oxygens (including phenoxy) is 1. The van der Waals surface area contributed by atoms with Crippen LogP contribution in [0.1, 0.15) is 10.4 Å². The highest BCUT2D eigenvalue weighted by atomic mass is 16.5. The minimum absolute atomic E-state index is 0.101. The number of rotatable bonds is 3. The van der Waals surface area contributed by atoms with E-state index in [9.17, 15) is 4.79 Å². The SMILES string of the molecule is CN(C)C(=O)c1ccc(N)c(Oc2cnn(C)c2)c1. The molecule has 0 saturated heterocycles. The minimum atomic E-state index is -0.101. The summed E-state index contributed by atoms with van der Waals surface area (Å²) in [6, 6.07) is 4.96. The van der Waals surface area contributed by atoms with Gasteiger partial charge in [-0.3, -0.25) is 9.48 Å². The molecule has 6 nitrogen and oxygen atoms in total. The number of benzene rings is 1. The van der Waals surface area contributed by atoms with E-state index in [2.05, 4.69) is 5.10 Å². The monoisotopic (exact) mass is 260 g/mol. The van der Waals surface area contributed by atoms with Crippen molar-refractivity contribution in [3.8, 4) is 11.5 Å². The van der Waals surface area contributed by atoms with Crippen molar-refractivity contribution in [1.82, 2.24) is 14.7 Å². The number of nitrogens with two attached hydrogens (primary N) is 1. The quantitative estimate of drug-likeness (QED) is 0.849. The Hall–Kier alpha value is -2.50. The molecular formula is C13H16N4O2. The van der Waals surface area contributed by atoms with Gasteiger partial charge in [0, 0.05) is 26.7 Å². The zero-order valence-corrected chi connectivity index (χ0v) is 11.1. The summed E-state index contributed by atoms with van der Waals surface area (Å²) >= 11 is 0. The van der Waals surface area contributed by atoms with Crippen LogP contribution in [0.25, 0.3) is 0 Å². The molecule has 6 heteroatoms. The number of carbonyl (C=O) groups is 1. The Balaban J connectivity index is 2.29. The van der Waals surface area contributed by atoms with Gasteiger partial charge in [-0.2, -0.15) is 5.10 Å². The average Bonchev–Trinajstić information content (AvgIpc) is 2.76. The summed E-state index contributed by atoms with van der Waals surface area (Å²) < 4.78 is 7.25. The summed E-state index contributed by atoms with van der Waals surface area (Å²) in [5, 5.41) is 4.00. The molecule has 1 amide bonds. The summed E-state index contributed by atoms with van der Waals surface area (Å²) in [5.41, 5.74) is 6.84. The molecular weight excluding hydrogens is 244 g/mol. The average molecular weight is 260 g/mol. The van der Waals surface area contributed by atoms with E-state index < -0.39 is 0 Å². The molecule has 0 atom stereocenters. The highest BCUT2D eigenvalue weighted by molar-refractivity contribution is 5.94. The molecule has 2 aromatic rings. The van der Waals surface area contributed by atoms with Crippen molar-refractivity contribution >= 4 is 11.6 Å². The molecule has 100 valence electrons. The van der Waals surface area contributed by atoms with Crippen LogP contribution in [0.4, 0.5) is 5.69 Å². The molecule has 1 heterocycles. The molecule has 1 aromatic carbocycles. The Morgan fingerprint density at radius 1 is 1.42 bits per heavy atom. The number of anilines is 1. The van der Waals surface area contributed by atoms with E-state index in [-0.39, 0.29) is 5.91 Å². The number of carbonyl (C=O) groups excluding carboxylic acids is 1. The number of hydrogen-bond acceptors (Lipinski definition) is 4. The normalized spacial score (nSPS) is 10.3. The van der Waals surface area contributed by atoms with E-state index in [0.29, 0.717) is 22.7 Å². The Labute approximate surface area is 111 Å². The second-order valence-corrected chi connectivity index (χ2v) is 4.40. The fourth-order valence-corrected chi connectivity index (χ4v) is 1.59. The van der Waals surface area contributed by atoms with E-state index in [1.165, 1.54) is 4.90 Å². The number of nitrogen functional groups attached to an aromatic ring is 1. The molecule has 0 aliphatic carbocycles. The molecule has 0 radical (unpaired) electrons. The predicted octanol–water partition coefficient (Wildman–Crippen LogP) is 1.50. The molecule has 0 aliphatic rings. The minimum Gasteiger partial charge on any atom is -0.452 e. The van der Waals surface area contributed by atoms with E-state index in [4.69, 9.17) is 10.5 Å². The van der Waals surface area contributed by atoms with Gasteiger partial charge in [0.2, 0.25) is 0 Å². The first kappa shape index (κ1) is 12.9. The lowest BCUT2D eigenvalue weighted by atomic mass is 10.1. The van der Waals surface area contributed by atoms with Gasteiger partial charge in [-0.05, 0) is 18.2 Å². The van der Waals surface area contributed by atoms with Crippen molar-refractivity contribution < 1.29 is 9.53 Å². The van der Waals surface area contributed by atoms with Gasteiger partial charge in [-0.15, -0.1) is 0 Å². The van der Waals surface area contributed by atoms with Crippen LogP contribution in [0.3, 0.4) is 0 Å². The number of hydrogen-bond donors (Lipinski definition) is 1. The third-order valence-electron chi connectivity index (χ3n) is 2.58. The Kier molecular flexibility index (Phi) is 3.41. The third kappa shape index (κ3) is 2.85. The summed E-state index contributed by atoms with van der Waals surface area (Å²) in [7, 11) is 5.18. The summed E-state index contributed by atoms with van der Waals surface area (Å²) in [6.07, 6.45) is 3.31. The molecule has 1 aromatic heterocycles. The standard InChI is InChI=1S/C13H16N4O2/c1-16(2)13(18)9-4-5-11(14)12(6-9)19-10-7-15-17(3)8-10/h4-8H,14H2,1-3H3. The van der Waals surface area contributed by atoms with E-state index in [1.807, 2.05) is 0 Å². The lowest BCUT2D eigenvalue weighted by molar-refractivity contribution is 0.0827. The lowest BCUT2D eigenvalue weighted by Gasteiger charge is -2.12. The first-order chi connectivity index (χ1) is 8.97. The summed E-state index contributed by atoms with van der Waals surface area (Å²) in [5.74, 6) is 0.917. The van der Waals surface area contributed by atoms with Gasteiger partial charge in [0.05, 0.1) is 18.1 Å². The zero-order valence-electron chi connectivity index (χ0n) is 11.1. The van der Waals surface area contributed by atoms with Crippen LogP contribution < -0.4 is 10.5 Å². The largest absolute Gasteiger partial charge is 0.452 e. The maximum atomic E-state index is 11.9. The molecule has 2 rings (SSSR count). The van der Waals surface area contributed by atoms with Gasteiger partial charge in [0.25, 0.3) is 5.91 Å². The fourth-order valence-electron chi connectivity index (χ4n) is 1.59. The fraction of sp³-hybridized carbons (Fsp3) is 0.231. The van der Waals surface area contributed by atoms with Gasteiger partial charge in [0.1, 0.15) is 0 Å². The molecule has 19 heavy (non-hydrogen) atoms. The molecule has 0 aliphatic heterocycles. The van der Waals surface area contributed by atoms with Crippen LogP contribution in [-0.2, 0) is 7.05 Å². The van der Waals surface area contributed by atoms with Gasteiger partial charge < -0.3 is 15.4 Å². The molecule has 0 spiro atoms. The smallest absolute Gasteiger partial charge is 0.253 e. The van der Waals surface area contributed by atoms with Gasteiger partial charge in [0.15, 0.2) is 11.5 Å². The third-order valence-corrected chi connectivity index (χ3v) is 2.58. The van der Waals surface area contributed by atoms with E-state index in [0.717, 1.165) is 0 Å². The van der Waals surface area contributed by atoms with Gasteiger partial charge >= 0.3 is 0 Å². The van der Waals surface area contributed by atoms with Crippen molar-refractivity contribution in [3.05, 3.63) is 36.2 Å². The lowest BCUT2D eigenvalue weighted by Crippen LogP contribution is -2.21. The van der Waals surface area contributed by atoms with E-state index in [1.54, 1.807) is 56.4 Å². The maximum Gasteiger partial charge on any atom is 0.253 e. The predicted molar refractivity (Wildman–Crippen MR) is 72.2 cm³/mol. The summed E-state index contributed by atoms with van der Waals surface area (Å²) in [4.78, 5) is 13.4. The zero-order chi connectivity index (χ0) is 14.0. The highest BCUT2D eigenvalue weighted by Gasteiger charge is 2.12. The molecule has 0 fully saturated rings. The van der Waals surface area contributed by atoms with Crippen molar-refractivity contribution in [2.24, 2.45) is 7.05 Å². The number of aryl methyl sites for hydroxylation is 1. The topological polar surface area (TPSA) is 73.4 Å². The molecule has 0 bridgehead atoms. The van der Waals surface area contributed by atoms with Crippen LogP contribution in [0.2, 0.25) is 0 Å². The Morgan fingerprint density at radius 2 is 2.16 bits per heavy atom. The van der Waals surface area contributed by atoms with Crippen molar-refractivity contribution in [3.63, 3.8) is 0 Å². The van der Waals surface area contributed by atoms with Crippen LogP contribution in [0, 0.1) is 0 Å². The Bertz CT molecular complexity index is 604. The number of amides is 1. The second kappa shape index (κ2) is 5.01. The van der Waals surface area contributed by atoms with Crippen LogP contribution >= 0.6 is 0 Å². The maximum absolute atomic E-state index is 11.9. The molecule has 0 unspecified atom stereocenters. The van der Waals surface area contributed by atoms with Crippen LogP contribution in [-0.4, -0.2) is 34.7 Å². The van der Waals surface area contributed by atoms with Crippen molar-refractivity contribution in [2.45, 2.75) is 0 Å². The van der Waals surface area contributed by atoms with Gasteiger partial charge in [-0.1, -0.05) is 0 Å². The van der Waals surface area contributed by atoms with Crippen molar-refractivity contribution in [1.29, 1.82) is 0 Å². The number of nitrogens with zero attached hydrogens (tertiary/aromatic N) is 3. The Morgan fingerprint density at radius 3 is 2.74 bits per heavy atom. The van der Waals surface area contributed by atoms with Crippen LogP contribution in [0.5, 0.6) is 11.5 Å². The summed E-state index contributed by atoms with van der Waals surface area (Å²) in [6.45, 7) is 0. The van der Waals surface area contributed by atoms with Gasteiger partial charge in [-0.25, -0.2) is 0 Å². The molecule has 0 saturated carbocycles. The van der Waals surface area contributed by atoms with Crippen molar-refractivity contribution in [2.75, 3.05) is 19.8 Å². The van der Waals surface area contributed by atoms with E-state index >= 15 is 0 Å². The number of aromatic nitrogens is 2. The van der Waals surface area contributed by atoms with Crippen LogP contribution in [0.15, 0.2) is 30.6 Å². The second-order valence-electron chi connectivity index (χ2n) is 4.40. The first-order valence-corrected chi connectivity index (χ1v) is 5.75.